The molecule has 4 heterocycles. The van der Waals surface area contributed by atoms with E-state index in [9.17, 15) is 17.2 Å². The van der Waals surface area contributed by atoms with Gasteiger partial charge in [0.05, 0.1) is 17.0 Å². The van der Waals surface area contributed by atoms with Crippen LogP contribution in [0.15, 0.2) is 18.3 Å². The van der Waals surface area contributed by atoms with Gasteiger partial charge in [-0.2, -0.15) is 0 Å². The van der Waals surface area contributed by atoms with E-state index in [1.54, 1.807) is 16.6 Å². The zero-order valence-electron chi connectivity index (χ0n) is 19.7. The first-order valence-electron chi connectivity index (χ1n) is 12.6. The van der Waals surface area contributed by atoms with Gasteiger partial charge in [0.2, 0.25) is 16.0 Å². The summed E-state index contributed by atoms with van der Waals surface area (Å²) in [5.41, 5.74) is 1.63. The molecule has 1 aromatic carbocycles. The molecule has 3 aliphatic heterocycles. The summed E-state index contributed by atoms with van der Waals surface area (Å²) in [7, 11) is -3.17. The second-order valence-electron chi connectivity index (χ2n) is 10.8. The lowest BCUT2D eigenvalue weighted by molar-refractivity contribution is 0.151. The van der Waals surface area contributed by atoms with E-state index in [0.29, 0.717) is 48.7 Å². The second-order valence-corrected chi connectivity index (χ2v) is 12.8. The Labute approximate surface area is 204 Å². The van der Waals surface area contributed by atoms with Gasteiger partial charge in [0.15, 0.2) is 0 Å². The maximum Gasteiger partial charge on any atom is 0.263 e. The van der Waals surface area contributed by atoms with Gasteiger partial charge in [0, 0.05) is 61.3 Å². The lowest BCUT2D eigenvalue weighted by Gasteiger charge is -2.49. The van der Waals surface area contributed by atoms with Crippen molar-refractivity contribution in [3.63, 3.8) is 0 Å². The van der Waals surface area contributed by atoms with E-state index < -0.39 is 16.4 Å². The van der Waals surface area contributed by atoms with Crippen LogP contribution >= 0.6 is 0 Å². The first kappa shape index (κ1) is 23.3. The highest BCUT2D eigenvalue weighted by atomic mass is 32.2. The lowest BCUT2D eigenvalue weighted by atomic mass is 9.78. The number of nitrogens with one attached hydrogen (secondary N) is 2. The number of hydrogen-bond acceptors (Lipinski definition) is 7. The molecule has 1 saturated carbocycles. The Bertz CT molecular complexity index is 1200. The van der Waals surface area contributed by atoms with Gasteiger partial charge in [-0.1, -0.05) is 0 Å². The Morgan fingerprint density at radius 2 is 1.94 bits per heavy atom. The Morgan fingerprint density at radius 3 is 2.60 bits per heavy atom. The number of piperidine rings is 1. The van der Waals surface area contributed by atoms with Crippen molar-refractivity contribution in [2.75, 3.05) is 55.2 Å². The average Bonchev–Trinajstić information content (AvgIpc) is 3.47. The van der Waals surface area contributed by atoms with Crippen molar-refractivity contribution in [2.45, 2.75) is 44.6 Å². The van der Waals surface area contributed by atoms with Gasteiger partial charge in [-0.3, -0.25) is 0 Å². The maximum atomic E-state index is 13.6. The first-order valence-corrected chi connectivity index (χ1v) is 14.2. The molecule has 4 aliphatic rings. The van der Waals surface area contributed by atoms with E-state index in [4.69, 9.17) is 4.98 Å². The minimum Gasteiger partial charge on any atom is -0.368 e. The molecular formula is C24H32F2N6O2S. The van der Waals surface area contributed by atoms with Crippen molar-refractivity contribution < 1.29 is 17.2 Å². The third kappa shape index (κ3) is 4.70. The molecule has 0 atom stereocenters. The fourth-order valence-electron chi connectivity index (χ4n) is 5.73. The smallest absolute Gasteiger partial charge is 0.263 e. The number of alkyl halides is 2. The summed E-state index contributed by atoms with van der Waals surface area (Å²) in [5, 5.41) is 7.38. The maximum absolute atomic E-state index is 13.6. The van der Waals surface area contributed by atoms with Gasteiger partial charge in [0.1, 0.15) is 0 Å². The predicted octanol–water partition coefficient (Wildman–Crippen LogP) is 2.98. The number of nitrogens with zero attached hydrogens (tertiary/aromatic N) is 4. The predicted molar refractivity (Wildman–Crippen MR) is 131 cm³/mol. The zero-order valence-corrected chi connectivity index (χ0v) is 20.5. The average molecular weight is 507 g/mol. The molecule has 11 heteroatoms. The third-order valence-electron chi connectivity index (χ3n) is 7.99. The molecule has 4 fully saturated rings. The van der Waals surface area contributed by atoms with Gasteiger partial charge < -0.3 is 15.5 Å². The van der Waals surface area contributed by atoms with Crippen molar-refractivity contribution in [1.29, 1.82) is 0 Å². The largest absolute Gasteiger partial charge is 0.368 e. The van der Waals surface area contributed by atoms with Crippen molar-refractivity contribution in [3.8, 4) is 0 Å². The lowest BCUT2D eigenvalue weighted by Crippen LogP contribution is -2.57. The number of halogens is 2. The number of hydrogen-bond donors (Lipinski definition) is 2. The first-order chi connectivity index (χ1) is 16.8. The Kier molecular flexibility index (Phi) is 5.84. The number of sulfonamides is 1. The molecule has 1 aromatic heterocycles. The van der Waals surface area contributed by atoms with E-state index >= 15 is 0 Å². The summed E-state index contributed by atoms with van der Waals surface area (Å²) in [6, 6.07) is 3.12. The van der Waals surface area contributed by atoms with Crippen LogP contribution in [0, 0.1) is 11.3 Å². The van der Waals surface area contributed by atoms with Crippen LogP contribution in [-0.4, -0.2) is 73.8 Å². The highest BCUT2D eigenvalue weighted by Gasteiger charge is 2.45. The molecule has 8 nitrogen and oxygen atoms in total. The molecule has 3 saturated heterocycles. The zero-order chi connectivity index (χ0) is 24.2. The molecule has 0 bridgehead atoms. The van der Waals surface area contributed by atoms with E-state index in [1.807, 2.05) is 0 Å². The van der Waals surface area contributed by atoms with Crippen LogP contribution < -0.4 is 15.5 Å². The summed E-state index contributed by atoms with van der Waals surface area (Å²) >= 11 is 0. The van der Waals surface area contributed by atoms with Crippen LogP contribution in [0.3, 0.4) is 0 Å². The number of fused-ring (bicyclic) bond motifs is 1. The van der Waals surface area contributed by atoms with Crippen LogP contribution in [0.2, 0.25) is 0 Å². The van der Waals surface area contributed by atoms with Crippen LogP contribution in [0.1, 0.15) is 44.1 Å². The summed E-state index contributed by atoms with van der Waals surface area (Å²) in [4.78, 5) is 11.3. The van der Waals surface area contributed by atoms with E-state index in [0.717, 1.165) is 51.1 Å². The minimum atomic E-state index is -3.17. The number of aromatic nitrogens is 2. The SMILES string of the molecule is O=S(=O)(CC1CC1)N1CCC(Nc2ncc3cc(C(F)F)cc(N4CC5(CCNC5)C4)c3n2)CC1. The number of rotatable bonds is 7. The summed E-state index contributed by atoms with van der Waals surface area (Å²) in [5.74, 6) is 1.07. The van der Waals surface area contributed by atoms with E-state index in [-0.39, 0.29) is 22.8 Å². The van der Waals surface area contributed by atoms with Crippen LogP contribution in [0.5, 0.6) is 0 Å². The Balaban J connectivity index is 1.18. The Hall–Kier alpha value is -2.11. The molecule has 35 heavy (non-hydrogen) atoms. The van der Waals surface area contributed by atoms with Crippen LogP contribution in [-0.2, 0) is 10.0 Å². The number of benzene rings is 1. The van der Waals surface area contributed by atoms with Crippen molar-refractivity contribution in [2.24, 2.45) is 11.3 Å². The van der Waals surface area contributed by atoms with E-state index in [1.165, 1.54) is 6.07 Å². The van der Waals surface area contributed by atoms with Gasteiger partial charge in [-0.15, -0.1) is 0 Å². The molecule has 1 aliphatic carbocycles. The molecular weight excluding hydrogens is 474 g/mol. The molecule has 0 radical (unpaired) electrons. The highest BCUT2D eigenvalue weighted by Crippen LogP contribution is 2.42. The number of anilines is 2. The van der Waals surface area contributed by atoms with Crippen molar-refractivity contribution in [1.82, 2.24) is 19.6 Å². The highest BCUT2D eigenvalue weighted by molar-refractivity contribution is 7.89. The molecule has 1 spiro atoms. The van der Waals surface area contributed by atoms with Crippen molar-refractivity contribution in [3.05, 3.63) is 23.9 Å². The fourth-order valence-corrected chi connectivity index (χ4v) is 7.64. The second kappa shape index (κ2) is 8.77. The van der Waals surface area contributed by atoms with Gasteiger partial charge in [-0.05, 0) is 56.7 Å². The summed E-state index contributed by atoms with van der Waals surface area (Å²) in [6.45, 7) is 4.63. The van der Waals surface area contributed by atoms with E-state index in [2.05, 4.69) is 20.5 Å². The summed E-state index contributed by atoms with van der Waals surface area (Å²) in [6.07, 6.45) is 3.57. The fraction of sp³-hybridized carbons (Fsp3) is 0.667. The summed E-state index contributed by atoms with van der Waals surface area (Å²) < 4.78 is 54.0. The molecule has 190 valence electrons. The molecule has 2 N–H and O–H groups in total. The molecule has 2 aromatic rings. The minimum absolute atomic E-state index is 0.0120. The Morgan fingerprint density at radius 1 is 1.17 bits per heavy atom. The van der Waals surface area contributed by atoms with Gasteiger partial charge in [-0.25, -0.2) is 31.5 Å². The van der Waals surface area contributed by atoms with Crippen LogP contribution in [0.25, 0.3) is 10.9 Å². The quantitative estimate of drug-likeness (QED) is 0.597. The molecule has 0 unspecified atom stereocenters. The molecule has 0 amide bonds. The van der Waals surface area contributed by atoms with Crippen molar-refractivity contribution >= 4 is 32.6 Å². The van der Waals surface area contributed by atoms with Crippen LogP contribution in [0.4, 0.5) is 20.4 Å². The topological polar surface area (TPSA) is 90.5 Å². The standard InChI is InChI=1S/C24H32F2N6O2S/c25-22(26)17-9-18-11-28-23(29-19-3-7-32(8-4-19)35(33,34)12-16-1-2-16)30-21(18)20(10-17)31-14-24(15-31)5-6-27-13-24/h9-11,16,19,22,27H,1-8,12-15H2,(H,28,29,30). The monoisotopic (exact) mass is 506 g/mol. The third-order valence-corrected chi connectivity index (χ3v) is 10.0. The normalized spacial score (nSPS) is 23.3. The van der Waals surface area contributed by atoms with Gasteiger partial charge in [0.25, 0.3) is 6.43 Å². The van der Waals surface area contributed by atoms with Gasteiger partial charge >= 0.3 is 0 Å². The molecule has 6 rings (SSSR count).